The molecular weight excluding hydrogens is 779 g/mol. The second-order valence-electron chi connectivity index (χ2n) is 19.6. The number of aromatic hydroxyl groups is 1. The zero-order valence-corrected chi connectivity index (χ0v) is 38.3. The van der Waals surface area contributed by atoms with Crippen molar-refractivity contribution < 1.29 is 25.7 Å². The number of aromatic nitrogens is 3. The number of fused-ring (bicyclic) bond motifs is 1. The highest BCUT2D eigenvalue weighted by Gasteiger charge is 2.28. The van der Waals surface area contributed by atoms with E-state index in [2.05, 4.69) is 60.7 Å². The van der Waals surface area contributed by atoms with Crippen LogP contribution in [0.3, 0.4) is 0 Å². The van der Waals surface area contributed by atoms with Crippen molar-refractivity contribution in [2.75, 3.05) is 0 Å². The molecule has 2 aromatic heterocycles. The molecular formula is C60H65N3O. The van der Waals surface area contributed by atoms with Crippen LogP contribution >= 0.6 is 0 Å². The van der Waals surface area contributed by atoms with E-state index in [4.69, 9.17) is 24.2 Å². The molecule has 8 rings (SSSR count). The summed E-state index contributed by atoms with van der Waals surface area (Å²) in [5.74, 6) is 0.582. The van der Waals surface area contributed by atoms with Gasteiger partial charge >= 0.3 is 0 Å². The summed E-state index contributed by atoms with van der Waals surface area (Å²) in [7, 11) is 0. The second-order valence-corrected chi connectivity index (χ2v) is 19.6. The van der Waals surface area contributed by atoms with Crippen LogP contribution in [0.2, 0.25) is 0 Å². The van der Waals surface area contributed by atoms with Gasteiger partial charge in [-0.25, -0.2) is 4.98 Å². The monoisotopic (exact) mass is 859 g/mol. The molecule has 0 fully saturated rings. The maximum Gasteiger partial charge on any atom is 0.149 e. The summed E-state index contributed by atoms with van der Waals surface area (Å²) in [4.78, 5) is 9.96. The third-order valence-electron chi connectivity index (χ3n) is 12.3. The zero-order chi connectivity index (χ0) is 58.7. The van der Waals surface area contributed by atoms with Crippen LogP contribution in [0, 0.1) is 6.92 Å². The molecule has 0 aliphatic heterocycles. The van der Waals surface area contributed by atoms with Crippen LogP contribution in [0.15, 0.2) is 140 Å². The minimum absolute atomic E-state index is 0.0961. The summed E-state index contributed by atoms with van der Waals surface area (Å²) in [6.07, 6.45) is 0.252. The number of hydrogen-bond donors (Lipinski definition) is 1. The first-order valence-electron chi connectivity index (χ1n) is 29.2. The molecule has 0 saturated carbocycles. The number of phenolic OH excluding ortho intramolecular Hbond substituents is 1. The second kappa shape index (κ2) is 16.4. The van der Waals surface area contributed by atoms with Gasteiger partial charge in [-0.15, -0.1) is 0 Å². The van der Waals surface area contributed by atoms with Crippen LogP contribution in [-0.4, -0.2) is 19.6 Å². The molecule has 0 aliphatic carbocycles. The van der Waals surface area contributed by atoms with Crippen molar-refractivity contribution in [3.05, 3.63) is 167 Å². The van der Waals surface area contributed by atoms with Crippen LogP contribution in [0.4, 0.5) is 0 Å². The van der Waals surface area contributed by atoms with Gasteiger partial charge in [-0.3, -0.25) is 9.55 Å². The number of benzene rings is 6. The van der Waals surface area contributed by atoms with Crippen molar-refractivity contribution in [2.45, 2.75) is 118 Å². The predicted molar refractivity (Wildman–Crippen MR) is 272 cm³/mol. The molecule has 4 nitrogen and oxygen atoms in total. The maximum atomic E-state index is 12.4. The molecule has 0 spiro atoms. The summed E-state index contributed by atoms with van der Waals surface area (Å²) in [6.45, 7) is 9.28. The summed E-state index contributed by atoms with van der Waals surface area (Å²) >= 11 is 0. The Morgan fingerprint density at radius 1 is 0.609 bits per heavy atom. The van der Waals surface area contributed by atoms with Crippen LogP contribution in [0.5, 0.6) is 5.75 Å². The SMILES string of the molecule is [2H]c1cc(-c2c([2H])c([2H])nc(-c3cc(-c4cccc5c4nc(-c4cc(C)cc(C(C)(C)C)c4O)n5-c4ccc(C(C)(C)CC)cc4-c4ccccc4)cc(C(C)(C)C)c3)c2[2H])c([2H])c([2H])c1C(C([2H])([2H])[2H])(C([2H])([2H])[2H])C([2H])([2H])[2H]. The minimum atomic E-state index is -3.83. The maximum absolute atomic E-state index is 12.4. The quantitative estimate of drug-likeness (QED) is 0.166. The molecule has 0 amide bonds. The van der Waals surface area contributed by atoms with E-state index in [1.54, 1.807) is 12.1 Å². The van der Waals surface area contributed by atoms with E-state index >= 15 is 0 Å². The van der Waals surface area contributed by atoms with Gasteiger partial charge in [0.2, 0.25) is 0 Å². The number of pyridine rings is 1. The number of aryl methyl sites for hydroxylation is 1. The Morgan fingerprint density at radius 3 is 2.06 bits per heavy atom. The fraction of sp³-hybridized carbons (Fsp3) is 0.300. The number of hydrogen-bond acceptors (Lipinski definition) is 3. The smallest absolute Gasteiger partial charge is 0.149 e. The van der Waals surface area contributed by atoms with Crippen molar-refractivity contribution in [3.8, 4) is 67.5 Å². The first-order valence-corrected chi connectivity index (χ1v) is 21.7. The molecule has 0 unspecified atom stereocenters. The van der Waals surface area contributed by atoms with E-state index in [0.29, 0.717) is 39.1 Å². The van der Waals surface area contributed by atoms with Crippen molar-refractivity contribution in [1.29, 1.82) is 0 Å². The van der Waals surface area contributed by atoms with Gasteiger partial charge in [0.15, 0.2) is 0 Å². The average molecular weight is 859 g/mol. The molecule has 0 aliphatic rings. The van der Waals surface area contributed by atoms with Crippen molar-refractivity contribution in [2.24, 2.45) is 0 Å². The molecule has 1 N–H and O–H groups in total. The van der Waals surface area contributed by atoms with Crippen LogP contribution in [-0.2, 0) is 21.7 Å². The molecule has 8 aromatic rings. The summed E-state index contributed by atoms with van der Waals surface area (Å²) < 4.78 is 131. The lowest BCUT2D eigenvalue weighted by atomic mass is 9.81. The third kappa shape index (κ3) is 8.55. The van der Waals surface area contributed by atoms with E-state index < -0.39 is 89.9 Å². The van der Waals surface area contributed by atoms with E-state index in [1.807, 2.05) is 103 Å². The van der Waals surface area contributed by atoms with Crippen LogP contribution in [0.25, 0.3) is 72.7 Å². The lowest BCUT2D eigenvalue weighted by Crippen LogP contribution is -2.16. The van der Waals surface area contributed by atoms with E-state index in [9.17, 15) is 6.48 Å². The van der Waals surface area contributed by atoms with E-state index in [0.717, 1.165) is 51.6 Å². The first-order chi connectivity index (χ1) is 36.4. The highest BCUT2D eigenvalue weighted by Crippen LogP contribution is 2.45. The molecule has 0 bridgehead atoms. The minimum Gasteiger partial charge on any atom is -0.507 e. The van der Waals surface area contributed by atoms with Gasteiger partial charge in [-0.1, -0.05) is 168 Å². The topological polar surface area (TPSA) is 50.9 Å². The Morgan fingerprint density at radius 2 is 1.36 bits per heavy atom. The first kappa shape index (κ1) is 29.2. The van der Waals surface area contributed by atoms with Gasteiger partial charge in [-0.2, -0.15) is 0 Å². The number of phenols is 1. The van der Waals surface area contributed by atoms with Gasteiger partial charge in [0.25, 0.3) is 0 Å². The number of nitrogens with zero attached hydrogens (tertiary/aromatic N) is 3. The Labute approximate surface area is 403 Å². The zero-order valence-electron chi connectivity index (χ0n) is 53.3. The Kier molecular flexibility index (Phi) is 7.48. The van der Waals surface area contributed by atoms with Crippen molar-refractivity contribution in [3.63, 3.8) is 0 Å². The standard InChI is InChI=1S/C60H65N3O/c1-14-60(12,13)45-27-28-52(48(37-45)40-19-16-15-17-20-40)63-53-22-18-21-47(54(53)62-56(63)49-31-38(2)32-50(55(49)64)59(9,10)11)42-33-43(35-46(34-42)58(6,7)8)51-36-41(29-30-61-51)39-23-25-44(26-24-39)57(3,4)5/h15-37,64H,14H2,1-13H3/i3D3,4D3,5D3,23D,25D,26D,29D,30D,36D. The van der Waals surface area contributed by atoms with Crippen molar-refractivity contribution in [1.82, 2.24) is 14.5 Å². The number of rotatable bonds is 8. The largest absolute Gasteiger partial charge is 0.507 e. The predicted octanol–water partition coefficient (Wildman–Crippen LogP) is 16.3. The lowest BCUT2D eigenvalue weighted by Gasteiger charge is -2.26. The van der Waals surface area contributed by atoms with Crippen LogP contribution < -0.4 is 0 Å². The van der Waals surface area contributed by atoms with Gasteiger partial charge in [0.1, 0.15) is 11.6 Å². The molecule has 2 heterocycles. The van der Waals surface area contributed by atoms with Gasteiger partial charge in [0, 0.05) is 40.8 Å². The number of para-hydroxylation sites is 1. The molecule has 4 heteroatoms. The normalized spacial score (nSPS) is 16.6. The molecule has 0 saturated heterocycles. The molecule has 0 radical (unpaired) electrons. The van der Waals surface area contributed by atoms with E-state index in [-0.39, 0.29) is 16.9 Å². The fourth-order valence-electron chi connectivity index (χ4n) is 8.11. The number of imidazole rings is 1. The van der Waals surface area contributed by atoms with Crippen LogP contribution in [0.1, 0.15) is 138 Å². The Balaban J connectivity index is 1.44. The average Bonchev–Trinajstić information content (AvgIpc) is 2.68. The Bertz CT molecular complexity index is 3670. The lowest BCUT2D eigenvalue weighted by molar-refractivity contribution is 0.448. The molecule has 326 valence electrons. The van der Waals surface area contributed by atoms with Gasteiger partial charge in [-0.05, 0) is 128 Å². The summed E-state index contributed by atoms with van der Waals surface area (Å²) in [6, 6.07) is 28.5. The molecule has 6 aromatic carbocycles. The highest BCUT2D eigenvalue weighted by molar-refractivity contribution is 5.98. The van der Waals surface area contributed by atoms with E-state index in [1.165, 1.54) is 0 Å². The third-order valence-corrected chi connectivity index (χ3v) is 12.3. The Hall–Kier alpha value is -6.26. The summed E-state index contributed by atoms with van der Waals surface area (Å²) in [5, 5.41) is 12.4. The summed E-state index contributed by atoms with van der Waals surface area (Å²) in [5.41, 5.74) is 2.62. The highest BCUT2D eigenvalue weighted by atomic mass is 16.3. The fourth-order valence-corrected chi connectivity index (χ4v) is 8.11. The van der Waals surface area contributed by atoms with Gasteiger partial charge < -0.3 is 5.11 Å². The van der Waals surface area contributed by atoms with Crippen molar-refractivity contribution >= 4 is 11.0 Å². The molecule has 0 atom stereocenters. The van der Waals surface area contributed by atoms with Gasteiger partial charge in [0.05, 0.1) is 36.2 Å². The molecule has 64 heavy (non-hydrogen) atoms.